The fourth-order valence-electron chi connectivity index (χ4n) is 2.57. The smallest absolute Gasteiger partial charge is 0.191 e. The molecule has 0 aromatic carbocycles. The van der Waals surface area contributed by atoms with Crippen molar-refractivity contribution in [2.75, 3.05) is 79.8 Å². The maximum atomic E-state index is 5.47. The van der Waals surface area contributed by atoms with Crippen LogP contribution < -0.4 is 10.6 Å². The molecule has 0 aromatic rings. The molecule has 25 heavy (non-hydrogen) atoms. The second-order valence-electron chi connectivity index (χ2n) is 6.29. The Bertz CT molecular complexity index is 339. The van der Waals surface area contributed by atoms with E-state index in [1.54, 1.807) is 7.11 Å². The molecule has 2 N–H and O–H groups in total. The standard InChI is InChI=1S/C17H37N5O2.HI/c1-5-18-17(19-7-6-12-24-14-13-23-4)20-15-16(2)22-10-8-21(3)9-11-22;/h16H,5-15H2,1-4H3,(H2,18,19,20);1H. The first-order valence-electron chi connectivity index (χ1n) is 9.18. The van der Waals surface area contributed by atoms with Crippen LogP contribution in [0.15, 0.2) is 4.99 Å². The highest BCUT2D eigenvalue weighted by Gasteiger charge is 2.18. The van der Waals surface area contributed by atoms with Crippen molar-refractivity contribution in [3.63, 3.8) is 0 Å². The molecular formula is C17H38IN5O2. The largest absolute Gasteiger partial charge is 0.382 e. The van der Waals surface area contributed by atoms with Crippen LogP contribution in [0.2, 0.25) is 0 Å². The molecule has 0 radical (unpaired) electrons. The van der Waals surface area contributed by atoms with Crippen molar-refractivity contribution in [2.24, 2.45) is 4.99 Å². The van der Waals surface area contributed by atoms with Crippen LogP contribution >= 0.6 is 24.0 Å². The highest BCUT2D eigenvalue weighted by atomic mass is 127. The fourth-order valence-corrected chi connectivity index (χ4v) is 2.57. The van der Waals surface area contributed by atoms with Gasteiger partial charge in [0.05, 0.1) is 19.8 Å². The van der Waals surface area contributed by atoms with Crippen LogP contribution in [0.25, 0.3) is 0 Å². The molecule has 1 unspecified atom stereocenters. The van der Waals surface area contributed by atoms with E-state index in [4.69, 9.17) is 14.5 Å². The Morgan fingerprint density at radius 2 is 1.84 bits per heavy atom. The lowest BCUT2D eigenvalue weighted by molar-refractivity contribution is 0.0698. The third-order valence-corrected chi connectivity index (χ3v) is 4.21. The Labute approximate surface area is 170 Å². The van der Waals surface area contributed by atoms with Crippen LogP contribution in [0.1, 0.15) is 20.3 Å². The van der Waals surface area contributed by atoms with Gasteiger partial charge in [0.25, 0.3) is 0 Å². The second kappa shape index (κ2) is 16.0. The number of aliphatic imine (C=N–C) groups is 1. The highest BCUT2D eigenvalue weighted by molar-refractivity contribution is 14.0. The van der Waals surface area contributed by atoms with Crippen LogP contribution in [0.5, 0.6) is 0 Å². The minimum Gasteiger partial charge on any atom is -0.382 e. The molecule has 1 heterocycles. The van der Waals surface area contributed by atoms with Gasteiger partial charge in [-0.15, -0.1) is 24.0 Å². The minimum absolute atomic E-state index is 0. The number of nitrogens with zero attached hydrogens (tertiary/aromatic N) is 3. The molecular weight excluding hydrogens is 433 g/mol. The topological polar surface area (TPSA) is 61.4 Å². The van der Waals surface area contributed by atoms with Gasteiger partial charge < -0.3 is 25.0 Å². The van der Waals surface area contributed by atoms with Crippen LogP contribution in [0.4, 0.5) is 0 Å². The van der Waals surface area contributed by atoms with Gasteiger partial charge in [-0.2, -0.15) is 0 Å². The Hall–Kier alpha value is -0.160. The van der Waals surface area contributed by atoms with Gasteiger partial charge in [0, 0.05) is 59.0 Å². The fraction of sp³-hybridized carbons (Fsp3) is 0.941. The number of nitrogens with one attached hydrogen (secondary N) is 2. The van der Waals surface area contributed by atoms with Gasteiger partial charge in [0.2, 0.25) is 0 Å². The van der Waals surface area contributed by atoms with E-state index in [0.29, 0.717) is 19.3 Å². The highest BCUT2D eigenvalue weighted by Crippen LogP contribution is 2.05. The second-order valence-corrected chi connectivity index (χ2v) is 6.29. The zero-order valence-corrected chi connectivity index (χ0v) is 18.8. The number of methoxy groups -OCH3 is 1. The van der Waals surface area contributed by atoms with Gasteiger partial charge in [-0.3, -0.25) is 9.89 Å². The summed E-state index contributed by atoms with van der Waals surface area (Å²) in [5.41, 5.74) is 0. The first-order valence-corrected chi connectivity index (χ1v) is 9.18. The average molecular weight is 471 g/mol. The number of ether oxygens (including phenoxy) is 2. The molecule has 1 rings (SSSR count). The predicted octanol–water partition coefficient (Wildman–Crippen LogP) is 0.849. The minimum atomic E-state index is 0. The normalized spacial score (nSPS) is 17.8. The quantitative estimate of drug-likeness (QED) is 0.202. The lowest BCUT2D eigenvalue weighted by Crippen LogP contribution is -2.49. The van der Waals surface area contributed by atoms with Crippen molar-refractivity contribution in [1.29, 1.82) is 0 Å². The van der Waals surface area contributed by atoms with Crippen molar-refractivity contribution in [3.8, 4) is 0 Å². The van der Waals surface area contributed by atoms with E-state index in [2.05, 4.69) is 41.3 Å². The van der Waals surface area contributed by atoms with E-state index >= 15 is 0 Å². The lowest BCUT2D eigenvalue weighted by Gasteiger charge is -2.35. The van der Waals surface area contributed by atoms with Gasteiger partial charge in [0.15, 0.2) is 5.96 Å². The summed E-state index contributed by atoms with van der Waals surface area (Å²) in [6.07, 6.45) is 0.960. The van der Waals surface area contributed by atoms with E-state index < -0.39 is 0 Å². The molecule has 1 aliphatic heterocycles. The number of guanidine groups is 1. The number of hydrogen-bond acceptors (Lipinski definition) is 5. The summed E-state index contributed by atoms with van der Waals surface area (Å²) in [7, 11) is 3.87. The van der Waals surface area contributed by atoms with Crippen LogP contribution in [-0.4, -0.2) is 102 Å². The Kier molecular flexibility index (Phi) is 15.9. The van der Waals surface area contributed by atoms with E-state index in [0.717, 1.165) is 64.8 Å². The Morgan fingerprint density at radius 1 is 1.12 bits per heavy atom. The number of hydrogen-bond donors (Lipinski definition) is 2. The summed E-state index contributed by atoms with van der Waals surface area (Å²) >= 11 is 0. The summed E-state index contributed by atoms with van der Waals surface area (Å²) in [5.74, 6) is 0.898. The SMILES string of the molecule is CCNC(=NCC(C)N1CCN(C)CC1)NCCCOCCOC.I. The van der Waals surface area contributed by atoms with Crippen LogP contribution in [-0.2, 0) is 9.47 Å². The summed E-state index contributed by atoms with van der Waals surface area (Å²) in [4.78, 5) is 9.64. The van der Waals surface area contributed by atoms with Crippen molar-refractivity contribution in [3.05, 3.63) is 0 Å². The molecule has 7 nitrogen and oxygen atoms in total. The van der Waals surface area contributed by atoms with Gasteiger partial charge in [-0.1, -0.05) is 0 Å². The molecule has 8 heteroatoms. The van der Waals surface area contributed by atoms with Crippen molar-refractivity contribution < 1.29 is 9.47 Å². The first-order chi connectivity index (χ1) is 11.7. The lowest BCUT2D eigenvalue weighted by atomic mass is 10.2. The zero-order valence-electron chi connectivity index (χ0n) is 16.4. The summed E-state index contributed by atoms with van der Waals surface area (Å²) in [6, 6.07) is 0.478. The van der Waals surface area contributed by atoms with Gasteiger partial charge in [-0.05, 0) is 27.3 Å². The summed E-state index contributed by atoms with van der Waals surface area (Å²) in [6.45, 7) is 13.5. The molecule has 1 fully saturated rings. The van der Waals surface area contributed by atoms with Crippen molar-refractivity contribution in [2.45, 2.75) is 26.3 Å². The number of piperazine rings is 1. The molecule has 0 spiro atoms. The molecule has 0 aliphatic carbocycles. The Balaban J connectivity index is 0.00000576. The third-order valence-electron chi connectivity index (χ3n) is 4.21. The van der Waals surface area contributed by atoms with Crippen molar-refractivity contribution in [1.82, 2.24) is 20.4 Å². The summed E-state index contributed by atoms with van der Waals surface area (Å²) in [5, 5.41) is 6.69. The Morgan fingerprint density at radius 3 is 2.48 bits per heavy atom. The van der Waals surface area contributed by atoms with E-state index in [9.17, 15) is 0 Å². The van der Waals surface area contributed by atoms with Crippen molar-refractivity contribution >= 4 is 29.9 Å². The number of halogens is 1. The maximum Gasteiger partial charge on any atom is 0.191 e. The molecule has 0 saturated carbocycles. The molecule has 0 bridgehead atoms. The van der Waals surface area contributed by atoms with Gasteiger partial charge >= 0.3 is 0 Å². The van der Waals surface area contributed by atoms with Gasteiger partial charge in [0.1, 0.15) is 0 Å². The van der Waals surface area contributed by atoms with Gasteiger partial charge in [-0.25, -0.2) is 0 Å². The molecule has 0 amide bonds. The monoisotopic (exact) mass is 471 g/mol. The summed E-state index contributed by atoms with van der Waals surface area (Å²) < 4.78 is 10.4. The molecule has 1 aliphatic rings. The average Bonchev–Trinajstić information content (AvgIpc) is 2.59. The number of likely N-dealkylation sites (N-methyl/N-ethyl adjacent to an activating group) is 1. The number of rotatable bonds is 11. The zero-order chi connectivity index (χ0) is 17.6. The first kappa shape index (κ1) is 24.8. The maximum absolute atomic E-state index is 5.47. The van der Waals surface area contributed by atoms with Crippen LogP contribution in [0, 0.1) is 0 Å². The van der Waals surface area contributed by atoms with Crippen LogP contribution in [0.3, 0.4) is 0 Å². The molecule has 150 valence electrons. The third kappa shape index (κ3) is 12.0. The predicted molar refractivity (Wildman–Crippen MR) is 115 cm³/mol. The van der Waals surface area contributed by atoms with E-state index in [1.165, 1.54) is 0 Å². The van der Waals surface area contributed by atoms with E-state index in [-0.39, 0.29) is 24.0 Å². The van der Waals surface area contributed by atoms with E-state index in [1.807, 2.05) is 0 Å². The molecule has 1 atom stereocenters. The molecule has 0 aromatic heterocycles. The molecule has 1 saturated heterocycles.